The second kappa shape index (κ2) is 5.62. The molecule has 1 N–H and O–H groups in total. The molecule has 0 aromatic rings. The predicted molar refractivity (Wildman–Crippen MR) is 64.1 cm³/mol. The summed E-state index contributed by atoms with van der Waals surface area (Å²) in [6.45, 7) is 8.57. The first-order chi connectivity index (χ1) is 7.83. The van der Waals surface area contributed by atoms with Gasteiger partial charge in [-0.1, -0.05) is 6.92 Å². The molecule has 0 amide bonds. The van der Waals surface area contributed by atoms with Gasteiger partial charge in [0.05, 0.1) is 6.07 Å². The Morgan fingerprint density at radius 3 is 3.06 bits per heavy atom. The fraction of sp³-hybridized carbons (Fsp3) is 0.917. The summed E-state index contributed by atoms with van der Waals surface area (Å²) < 4.78 is 0. The standard InChI is InChI=1S/C12H22N4/c1-2-14-11(8-13)9-15-6-7-16-5-3-4-12(16)10-15/h11-12,14H,2-7,9-10H2,1H3. The van der Waals surface area contributed by atoms with Crippen molar-refractivity contribution in [3.63, 3.8) is 0 Å². The second-order valence-corrected chi connectivity index (χ2v) is 4.83. The lowest BCUT2D eigenvalue weighted by atomic mass is 10.1. The Bertz CT molecular complexity index is 260. The van der Waals surface area contributed by atoms with Crippen molar-refractivity contribution in [1.82, 2.24) is 15.1 Å². The third kappa shape index (κ3) is 2.73. The molecule has 0 saturated carbocycles. The lowest BCUT2D eigenvalue weighted by molar-refractivity contribution is 0.101. The van der Waals surface area contributed by atoms with Crippen molar-refractivity contribution < 1.29 is 0 Å². The SMILES string of the molecule is CCNC(C#N)CN1CCN2CCCC2C1. The van der Waals surface area contributed by atoms with Crippen molar-refractivity contribution in [2.45, 2.75) is 31.8 Å². The minimum absolute atomic E-state index is 0.00190. The molecule has 0 spiro atoms. The fourth-order valence-electron chi connectivity index (χ4n) is 2.88. The summed E-state index contributed by atoms with van der Waals surface area (Å²) in [6, 6.07) is 3.10. The van der Waals surface area contributed by atoms with Crippen LogP contribution in [0.1, 0.15) is 19.8 Å². The molecule has 2 rings (SSSR count). The Labute approximate surface area is 98.2 Å². The van der Waals surface area contributed by atoms with Gasteiger partial charge in [-0.25, -0.2) is 0 Å². The summed E-state index contributed by atoms with van der Waals surface area (Å²) in [5, 5.41) is 12.2. The largest absolute Gasteiger partial charge is 0.301 e. The van der Waals surface area contributed by atoms with E-state index < -0.39 is 0 Å². The molecule has 2 unspecified atom stereocenters. The molecule has 2 aliphatic heterocycles. The van der Waals surface area contributed by atoms with Crippen LogP contribution in [0, 0.1) is 11.3 Å². The van der Waals surface area contributed by atoms with Crippen LogP contribution in [0.2, 0.25) is 0 Å². The molecule has 2 fully saturated rings. The zero-order valence-corrected chi connectivity index (χ0v) is 10.2. The molecule has 0 radical (unpaired) electrons. The van der Waals surface area contributed by atoms with Crippen molar-refractivity contribution in [1.29, 1.82) is 5.26 Å². The maximum absolute atomic E-state index is 9.03. The van der Waals surface area contributed by atoms with Crippen LogP contribution in [-0.4, -0.2) is 61.2 Å². The number of hydrogen-bond donors (Lipinski definition) is 1. The molecular formula is C12H22N4. The van der Waals surface area contributed by atoms with Crippen molar-refractivity contribution in [3.05, 3.63) is 0 Å². The number of rotatable bonds is 4. The Morgan fingerprint density at radius 2 is 2.31 bits per heavy atom. The van der Waals surface area contributed by atoms with Crippen LogP contribution < -0.4 is 5.32 Å². The minimum Gasteiger partial charge on any atom is -0.301 e. The third-order valence-electron chi connectivity index (χ3n) is 3.72. The first-order valence-electron chi connectivity index (χ1n) is 6.43. The van der Waals surface area contributed by atoms with Gasteiger partial charge in [-0.15, -0.1) is 0 Å². The Morgan fingerprint density at radius 1 is 1.44 bits per heavy atom. The van der Waals surface area contributed by atoms with E-state index >= 15 is 0 Å². The average molecular weight is 222 g/mol. The topological polar surface area (TPSA) is 42.3 Å². The summed E-state index contributed by atoms with van der Waals surface area (Å²) >= 11 is 0. The fourth-order valence-corrected chi connectivity index (χ4v) is 2.88. The molecule has 0 bridgehead atoms. The van der Waals surface area contributed by atoms with E-state index in [-0.39, 0.29) is 6.04 Å². The number of hydrogen-bond acceptors (Lipinski definition) is 4. The highest BCUT2D eigenvalue weighted by Gasteiger charge is 2.30. The summed E-state index contributed by atoms with van der Waals surface area (Å²) in [6.07, 6.45) is 2.70. The first kappa shape index (κ1) is 11.8. The van der Waals surface area contributed by atoms with E-state index in [4.69, 9.17) is 5.26 Å². The number of piperazine rings is 1. The van der Waals surface area contributed by atoms with E-state index in [0.717, 1.165) is 32.2 Å². The molecule has 4 heteroatoms. The maximum Gasteiger partial charge on any atom is 0.108 e. The van der Waals surface area contributed by atoms with Crippen LogP contribution in [0.5, 0.6) is 0 Å². The Kier molecular flexibility index (Phi) is 4.16. The zero-order chi connectivity index (χ0) is 11.4. The molecule has 16 heavy (non-hydrogen) atoms. The van der Waals surface area contributed by atoms with Gasteiger partial charge in [0.15, 0.2) is 0 Å². The lowest BCUT2D eigenvalue weighted by Gasteiger charge is -2.38. The van der Waals surface area contributed by atoms with Gasteiger partial charge < -0.3 is 5.32 Å². The quantitative estimate of drug-likeness (QED) is 0.741. The highest BCUT2D eigenvalue weighted by atomic mass is 15.3. The molecule has 0 aliphatic carbocycles. The van der Waals surface area contributed by atoms with Crippen molar-refractivity contribution in [2.75, 3.05) is 39.3 Å². The van der Waals surface area contributed by atoms with Crippen molar-refractivity contribution in [2.24, 2.45) is 0 Å². The Hall–Kier alpha value is -0.630. The molecule has 4 nitrogen and oxygen atoms in total. The second-order valence-electron chi connectivity index (χ2n) is 4.83. The monoisotopic (exact) mass is 222 g/mol. The highest BCUT2D eigenvalue weighted by Crippen LogP contribution is 2.21. The van der Waals surface area contributed by atoms with Crippen LogP contribution in [0.3, 0.4) is 0 Å². The number of nitriles is 1. The van der Waals surface area contributed by atoms with Gasteiger partial charge in [0.1, 0.15) is 6.04 Å². The Balaban J connectivity index is 1.80. The molecular weight excluding hydrogens is 200 g/mol. The van der Waals surface area contributed by atoms with Crippen molar-refractivity contribution >= 4 is 0 Å². The molecule has 2 atom stereocenters. The van der Waals surface area contributed by atoms with E-state index in [1.165, 1.54) is 25.9 Å². The highest BCUT2D eigenvalue weighted by molar-refractivity contribution is 4.94. The van der Waals surface area contributed by atoms with Crippen LogP contribution in [0.15, 0.2) is 0 Å². The molecule has 2 saturated heterocycles. The van der Waals surface area contributed by atoms with Gasteiger partial charge in [-0.3, -0.25) is 9.80 Å². The van der Waals surface area contributed by atoms with Gasteiger partial charge in [0.2, 0.25) is 0 Å². The van der Waals surface area contributed by atoms with Crippen LogP contribution in [0.4, 0.5) is 0 Å². The summed E-state index contributed by atoms with van der Waals surface area (Å²) in [4.78, 5) is 5.05. The predicted octanol–water partition coefficient (Wildman–Crippen LogP) is 0.268. The zero-order valence-electron chi connectivity index (χ0n) is 10.2. The molecule has 0 aromatic carbocycles. The molecule has 2 heterocycles. The molecule has 2 aliphatic rings. The lowest BCUT2D eigenvalue weighted by Crippen LogP contribution is -2.53. The van der Waals surface area contributed by atoms with E-state index in [9.17, 15) is 0 Å². The minimum atomic E-state index is -0.00190. The van der Waals surface area contributed by atoms with E-state index in [1.54, 1.807) is 0 Å². The van der Waals surface area contributed by atoms with Gasteiger partial charge >= 0.3 is 0 Å². The molecule has 0 aromatic heterocycles. The normalized spacial score (nSPS) is 28.6. The van der Waals surface area contributed by atoms with Gasteiger partial charge in [-0.05, 0) is 25.9 Å². The average Bonchev–Trinajstić information content (AvgIpc) is 2.75. The first-order valence-corrected chi connectivity index (χ1v) is 6.43. The maximum atomic E-state index is 9.03. The van der Waals surface area contributed by atoms with Crippen LogP contribution in [0.25, 0.3) is 0 Å². The summed E-state index contributed by atoms with van der Waals surface area (Å²) in [5.41, 5.74) is 0. The van der Waals surface area contributed by atoms with Gasteiger partial charge in [0, 0.05) is 32.2 Å². The molecule has 90 valence electrons. The summed E-state index contributed by atoms with van der Waals surface area (Å²) in [5.74, 6) is 0. The van der Waals surface area contributed by atoms with E-state index in [2.05, 4.69) is 28.1 Å². The summed E-state index contributed by atoms with van der Waals surface area (Å²) in [7, 11) is 0. The smallest absolute Gasteiger partial charge is 0.108 e. The third-order valence-corrected chi connectivity index (χ3v) is 3.72. The van der Waals surface area contributed by atoms with E-state index in [0.29, 0.717) is 0 Å². The van der Waals surface area contributed by atoms with Gasteiger partial charge in [0.25, 0.3) is 0 Å². The van der Waals surface area contributed by atoms with E-state index in [1.807, 2.05) is 0 Å². The number of nitrogens with one attached hydrogen (secondary N) is 1. The van der Waals surface area contributed by atoms with Crippen molar-refractivity contribution in [3.8, 4) is 6.07 Å². The van der Waals surface area contributed by atoms with Crippen LogP contribution >= 0.6 is 0 Å². The van der Waals surface area contributed by atoms with Gasteiger partial charge in [-0.2, -0.15) is 5.26 Å². The number of nitrogens with zero attached hydrogens (tertiary/aromatic N) is 3. The number of likely N-dealkylation sites (N-methyl/N-ethyl adjacent to an activating group) is 1. The number of fused-ring (bicyclic) bond motifs is 1. The van der Waals surface area contributed by atoms with Crippen LogP contribution in [-0.2, 0) is 0 Å².